The summed E-state index contributed by atoms with van der Waals surface area (Å²) in [4.78, 5) is 4.81. The van der Waals surface area contributed by atoms with E-state index >= 15 is 0 Å². The highest BCUT2D eigenvalue weighted by atomic mass is 16.5. The Balaban J connectivity index is 1.69. The molecule has 140 valence electrons. The molecule has 3 rings (SSSR count). The lowest BCUT2D eigenvalue weighted by Gasteiger charge is -2.11. The van der Waals surface area contributed by atoms with E-state index in [1.807, 2.05) is 25.1 Å². The fourth-order valence-electron chi connectivity index (χ4n) is 3.27. The monoisotopic (exact) mass is 360 g/mol. The Hall–Kier alpha value is -2.73. The standard InChI is InChI=1S/C24H28N2O/c1-5-7-19(6-2)20-9-12-23(13-10-20)27-17-22-11-8-21-14-15-26(16-18(3)4)24(21)25-22/h8-15,18-19H,6,16-17H2,1-4H3/t19-/m1/s1. The fraction of sp³-hybridized carbons (Fsp3) is 0.375. The number of hydrogen-bond acceptors (Lipinski definition) is 2. The molecule has 2 heterocycles. The van der Waals surface area contributed by atoms with Gasteiger partial charge in [-0.3, -0.25) is 0 Å². The first kappa shape index (κ1) is 19.0. The van der Waals surface area contributed by atoms with E-state index in [1.54, 1.807) is 0 Å². The van der Waals surface area contributed by atoms with Crippen LogP contribution in [0.15, 0.2) is 48.7 Å². The average molecular weight is 361 g/mol. The molecule has 27 heavy (non-hydrogen) atoms. The number of pyridine rings is 1. The van der Waals surface area contributed by atoms with Crippen molar-refractivity contribution in [2.45, 2.75) is 53.2 Å². The highest BCUT2D eigenvalue weighted by Gasteiger charge is 2.08. The molecule has 1 atom stereocenters. The van der Waals surface area contributed by atoms with Crippen molar-refractivity contribution in [1.29, 1.82) is 0 Å². The molecule has 0 unspecified atom stereocenters. The first-order valence-corrected chi connectivity index (χ1v) is 9.70. The third-order valence-corrected chi connectivity index (χ3v) is 4.63. The lowest BCUT2D eigenvalue weighted by Crippen LogP contribution is -2.05. The maximum atomic E-state index is 5.96. The molecule has 0 saturated carbocycles. The van der Waals surface area contributed by atoms with Crippen LogP contribution in [0.2, 0.25) is 0 Å². The minimum atomic E-state index is 0.293. The Morgan fingerprint density at radius 2 is 1.85 bits per heavy atom. The predicted octanol–water partition coefficient (Wildman–Crippen LogP) is 5.79. The smallest absolute Gasteiger partial charge is 0.140 e. The first-order chi connectivity index (χ1) is 13.1. The Kier molecular flexibility index (Phi) is 6.19. The minimum Gasteiger partial charge on any atom is -0.487 e. The molecule has 0 aliphatic heterocycles. The fourth-order valence-corrected chi connectivity index (χ4v) is 3.27. The number of aromatic nitrogens is 2. The second kappa shape index (κ2) is 8.77. The normalized spacial score (nSPS) is 12.0. The van der Waals surface area contributed by atoms with Crippen LogP contribution in [-0.4, -0.2) is 9.55 Å². The van der Waals surface area contributed by atoms with Crippen molar-refractivity contribution in [3.05, 3.63) is 59.9 Å². The molecule has 0 spiro atoms. The van der Waals surface area contributed by atoms with Crippen molar-refractivity contribution < 1.29 is 4.74 Å². The van der Waals surface area contributed by atoms with E-state index < -0.39 is 0 Å². The zero-order valence-corrected chi connectivity index (χ0v) is 16.7. The first-order valence-electron chi connectivity index (χ1n) is 9.70. The van der Waals surface area contributed by atoms with Crippen LogP contribution in [0.25, 0.3) is 11.0 Å². The Labute approximate surface area is 162 Å². The number of ether oxygens (including phenoxy) is 1. The van der Waals surface area contributed by atoms with Gasteiger partial charge in [0, 0.05) is 24.0 Å². The third-order valence-electron chi connectivity index (χ3n) is 4.63. The topological polar surface area (TPSA) is 27.1 Å². The minimum absolute atomic E-state index is 0.293. The number of fused-ring (bicyclic) bond motifs is 1. The van der Waals surface area contributed by atoms with Crippen molar-refractivity contribution >= 4 is 11.0 Å². The van der Waals surface area contributed by atoms with Gasteiger partial charge in [0.2, 0.25) is 0 Å². The van der Waals surface area contributed by atoms with Crippen molar-refractivity contribution in [3.63, 3.8) is 0 Å². The van der Waals surface area contributed by atoms with Gasteiger partial charge >= 0.3 is 0 Å². The average Bonchev–Trinajstić information content (AvgIpc) is 3.06. The SMILES string of the molecule is CC#C[C@@H](CC)c1ccc(OCc2ccc3ccn(CC(C)C)c3n2)cc1. The summed E-state index contributed by atoms with van der Waals surface area (Å²) in [6, 6.07) is 14.6. The zero-order chi connectivity index (χ0) is 19.2. The third kappa shape index (κ3) is 4.71. The van der Waals surface area contributed by atoms with Gasteiger partial charge in [0.25, 0.3) is 0 Å². The molecular formula is C24H28N2O. The van der Waals surface area contributed by atoms with E-state index in [-0.39, 0.29) is 0 Å². The Morgan fingerprint density at radius 1 is 1.07 bits per heavy atom. The zero-order valence-electron chi connectivity index (χ0n) is 16.7. The molecule has 0 fully saturated rings. The molecule has 1 aromatic carbocycles. The summed E-state index contributed by atoms with van der Waals surface area (Å²) in [7, 11) is 0. The second-order valence-electron chi connectivity index (χ2n) is 7.29. The number of nitrogens with zero attached hydrogens (tertiary/aromatic N) is 2. The summed E-state index contributed by atoms with van der Waals surface area (Å²) in [6.07, 6.45) is 3.13. The Bertz CT molecular complexity index is 942. The van der Waals surface area contributed by atoms with Crippen LogP contribution in [0, 0.1) is 17.8 Å². The van der Waals surface area contributed by atoms with Crippen LogP contribution in [0.1, 0.15) is 51.3 Å². The number of benzene rings is 1. The van der Waals surface area contributed by atoms with Crippen LogP contribution in [0.5, 0.6) is 5.75 Å². The molecule has 3 nitrogen and oxygen atoms in total. The van der Waals surface area contributed by atoms with Gasteiger partial charge in [-0.25, -0.2) is 4.98 Å². The van der Waals surface area contributed by atoms with Gasteiger partial charge in [-0.15, -0.1) is 5.92 Å². The molecule has 0 radical (unpaired) electrons. The predicted molar refractivity (Wildman–Crippen MR) is 112 cm³/mol. The highest BCUT2D eigenvalue weighted by Crippen LogP contribution is 2.22. The van der Waals surface area contributed by atoms with E-state index in [1.165, 1.54) is 10.9 Å². The largest absolute Gasteiger partial charge is 0.487 e. The van der Waals surface area contributed by atoms with E-state index in [0.717, 1.165) is 30.1 Å². The molecule has 3 aromatic rings. The summed E-state index contributed by atoms with van der Waals surface area (Å²) < 4.78 is 8.18. The summed E-state index contributed by atoms with van der Waals surface area (Å²) in [5, 5.41) is 1.17. The van der Waals surface area contributed by atoms with Gasteiger partial charge in [0.1, 0.15) is 18.0 Å². The van der Waals surface area contributed by atoms with Crippen molar-refractivity contribution in [1.82, 2.24) is 9.55 Å². The lowest BCUT2D eigenvalue weighted by atomic mass is 9.97. The molecule has 0 aliphatic rings. The van der Waals surface area contributed by atoms with Crippen LogP contribution < -0.4 is 4.74 Å². The van der Waals surface area contributed by atoms with Crippen molar-refractivity contribution in [2.24, 2.45) is 5.92 Å². The van der Waals surface area contributed by atoms with Crippen LogP contribution in [0.4, 0.5) is 0 Å². The van der Waals surface area contributed by atoms with Crippen molar-refractivity contribution in [3.8, 4) is 17.6 Å². The highest BCUT2D eigenvalue weighted by molar-refractivity contribution is 5.76. The number of rotatable bonds is 7. The van der Waals surface area contributed by atoms with E-state index in [9.17, 15) is 0 Å². The van der Waals surface area contributed by atoms with Crippen molar-refractivity contribution in [2.75, 3.05) is 0 Å². The van der Waals surface area contributed by atoms with Gasteiger partial charge < -0.3 is 9.30 Å². The number of hydrogen-bond donors (Lipinski definition) is 0. The maximum Gasteiger partial charge on any atom is 0.140 e. The molecule has 0 aliphatic carbocycles. The lowest BCUT2D eigenvalue weighted by molar-refractivity contribution is 0.301. The van der Waals surface area contributed by atoms with Gasteiger partial charge in [0.05, 0.1) is 5.69 Å². The quantitative estimate of drug-likeness (QED) is 0.499. The van der Waals surface area contributed by atoms with E-state index in [4.69, 9.17) is 9.72 Å². The molecule has 0 N–H and O–H groups in total. The Morgan fingerprint density at radius 3 is 2.52 bits per heavy atom. The van der Waals surface area contributed by atoms with Crippen LogP contribution in [0.3, 0.4) is 0 Å². The van der Waals surface area contributed by atoms with E-state index in [0.29, 0.717) is 18.4 Å². The maximum absolute atomic E-state index is 5.96. The molecule has 0 saturated heterocycles. The molecular weight excluding hydrogens is 332 g/mol. The molecule has 0 bridgehead atoms. The van der Waals surface area contributed by atoms with Gasteiger partial charge in [-0.1, -0.05) is 38.8 Å². The van der Waals surface area contributed by atoms with Crippen LogP contribution >= 0.6 is 0 Å². The summed E-state index contributed by atoms with van der Waals surface area (Å²) in [6.45, 7) is 9.93. The summed E-state index contributed by atoms with van der Waals surface area (Å²) >= 11 is 0. The van der Waals surface area contributed by atoms with Gasteiger partial charge in [0.15, 0.2) is 0 Å². The molecule has 0 amide bonds. The van der Waals surface area contributed by atoms with Crippen LogP contribution in [-0.2, 0) is 13.2 Å². The second-order valence-corrected chi connectivity index (χ2v) is 7.29. The molecule has 3 heteroatoms. The summed E-state index contributed by atoms with van der Waals surface area (Å²) in [5.41, 5.74) is 3.22. The molecule has 2 aromatic heterocycles. The summed E-state index contributed by atoms with van der Waals surface area (Å²) in [5.74, 6) is 8.01. The van der Waals surface area contributed by atoms with Gasteiger partial charge in [-0.05, 0) is 55.2 Å². The van der Waals surface area contributed by atoms with Gasteiger partial charge in [-0.2, -0.15) is 0 Å². The van der Waals surface area contributed by atoms with E-state index in [2.05, 4.69) is 67.6 Å².